The maximum atomic E-state index is 11.5. The molecule has 14 heavy (non-hydrogen) atoms. The topological polar surface area (TPSA) is 42.0 Å². The standard InChI is InChI=1S/C10H11BrN2O/c1-7(2)5-13-10(14)8-3-4-9(11)12-6-8/h3-4,6H,1,5H2,2H3,(H,13,14). The van der Waals surface area contributed by atoms with Gasteiger partial charge in [0, 0.05) is 12.7 Å². The fraction of sp³-hybridized carbons (Fsp3) is 0.200. The molecule has 0 spiro atoms. The molecule has 0 unspecified atom stereocenters. The van der Waals surface area contributed by atoms with Crippen LogP contribution in [0.5, 0.6) is 0 Å². The average molecular weight is 255 g/mol. The molecule has 0 bridgehead atoms. The second kappa shape index (κ2) is 4.91. The van der Waals surface area contributed by atoms with E-state index in [2.05, 4.69) is 32.8 Å². The van der Waals surface area contributed by atoms with Crippen molar-refractivity contribution in [1.82, 2.24) is 10.3 Å². The maximum absolute atomic E-state index is 11.5. The first kappa shape index (κ1) is 10.9. The number of nitrogens with zero attached hydrogens (tertiary/aromatic N) is 1. The lowest BCUT2D eigenvalue weighted by Gasteiger charge is -2.03. The van der Waals surface area contributed by atoms with Crippen molar-refractivity contribution < 1.29 is 4.79 Å². The zero-order chi connectivity index (χ0) is 10.6. The lowest BCUT2D eigenvalue weighted by atomic mass is 10.2. The van der Waals surface area contributed by atoms with Crippen LogP contribution in [0.1, 0.15) is 17.3 Å². The summed E-state index contributed by atoms with van der Waals surface area (Å²) in [6.07, 6.45) is 1.53. The summed E-state index contributed by atoms with van der Waals surface area (Å²) in [4.78, 5) is 15.4. The van der Waals surface area contributed by atoms with Gasteiger partial charge in [0.25, 0.3) is 5.91 Å². The van der Waals surface area contributed by atoms with Crippen LogP contribution >= 0.6 is 15.9 Å². The summed E-state index contributed by atoms with van der Waals surface area (Å²) in [5.41, 5.74) is 1.47. The molecular formula is C10H11BrN2O. The predicted molar refractivity (Wildman–Crippen MR) is 59.1 cm³/mol. The number of halogens is 1. The van der Waals surface area contributed by atoms with Gasteiger partial charge in [0.05, 0.1) is 5.56 Å². The Labute approximate surface area is 91.4 Å². The molecule has 1 heterocycles. The smallest absolute Gasteiger partial charge is 0.253 e. The van der Waals surface area contributed by atoms with Gasteiger partial charge in [0.2, 0.25) is 0 Å². The summed E-state index contributed by atoms with van der Waals surface area (Å²) in [6.45, 7) is 6.05. The summed E-state index contributed by atoms with van der Waals surface area (Å²) in [6, 6.07) is 3.44. The Kier molecular flexibility index (Phi) is 3.83. The van der Waals surface area contributed by atoms with E-state index in [-0.39, 0.29) is 5.91 Å². The summed E-state index contributed by atoms with van der Waals surface area (Å²) >= 11 is 3.20. The van der Waals surface area contributed by atoms with Crippen LogP contribution in [0.3, 0.4) is 0 Å². The van der Waals surface area contributed by atoms with E-state index < -0.39 is 0 Å². The molecule has 0 aliphatic rings. The van der Waals surface area contributed by atoms with Gasteiger partial charge in [-0.05, 0) is 35.0 Å². The number of rotatable bonds is 3. The Morgan fingerprint density at radius 3 is 2.86 bits per heavy atom. The summed E-state index contributed by atoms with van der Waals surface area (Å²) in [7, 11) is 0. The van der Waals surface area contributed by atoms with Gasteiger partial charge < -0.3 is 5.32 Å². The molecule has 0 fully saturated rings. The molecule has 3 nitrogen and oxygen atoms in total. The first-order valence-electron chi connectivity index (χ1n) is 4.13. The fourth-order valence-corrected chi connectivity index (χ4v) is 1.08. The molecule has 1 aromatic rings. The minimum Gasteiger partial charge on any atom is -0.348 e. The van der Waals surface area contributed by atoms with Gasteiger partial charge in [0.15, 0.2) is 0 Å². The van der Waals surface area contributed by atoms with Gasteiger partial charge in [0.1, 0.15) is 4.60 Å². The zero-order valence-corrected chi connectivity index (χ0v) is 9.47. The molecule has 0 saturated heterocycles. The van der Waals surface area contributed by atoms with Gasteiger partial charge in [-0.15, -0.1) is 0 Å². The van der Waals surface area contributed by atoms with Crippen LogP contribution in [-0.2, 0) is 0 Å². The van der Waals surface area contributed by atoms with Crippen LogP contribution in [0.15, 0.2) is 35.1 Å². The Morgan fingerprint density at radius 1 is 1.64 bits per heavy atom. The van der Waals surface area contributed by atoms with E-state index in [1.165, 1.54) is 6.20 Å². The highest BCUT2D eigenvalue weighted by molar-refractivity contribution is 9.10. The van der Waals surface area contributed by atoms with Gasteiger partial charge in [-0.2, -0.15) is 0 Å². The maximum Gasteiger partial charge on any atom is 0.253 e. The third-order valence-corrected chi connectivity index (χ3v) is 2.01. The van der Waals surface area contributed by atoms with Crippen LogP contribution in [0.25, 0.3) is 0 Å². The van der Waals surface area contributed by atoms with Crippen molar-refractivity contribution in [3.8, 4) is 0 Å². The number of nitrogens with one attached hydrogen (secondary N) is 1. The highest BCUT2D eigenvalue weighted by atomic mass is 79.9. The van der Waals surface area contributed by atoms with Crippen molar-refractivity contribution in [1.29, 1.82) is 0 Å². The lowest BCUT2D eigenvalue weighted by Crippen LogP contribution is -2.24. The van der Waals surface area contributed by atoms with E-state index in [4.69, 9.17) is 0 Å². The fourth-order valence-electron chi connectivity index (χ4n) is 0.843. The first-order chi connectivity index (χ1) is 6.59. The monoisotopic (exact) mass is 254 g/mol. The number of aromatic nitrogens is 1. The van der Waals surface area contributed by atoms with Crippen LogP contribution in [-0.4, -0.2) is 17.4 Å². The summed E-state index contributed by atoms with van der Waals surface area (Å²) in [5, 5.41) is 2.72. The van der Waals surface area contributed by atoms with Crippen molar-refractivity contribution in [2.24, 2.45) is 0 Å². The normalized spacial score (nSPS) is 9.57. The van der Waals surface area contributed by atoms with Gasteiger partial charge >= 0.3 is 0 Å². The van der Waals surface area contributed by atoms with Gasteiger partial charge in [-0.1, -0.05) is 12.2 Å². The molecule has 4 heteroatoms. The Bertz CT molecular complexity index is 346. The molecule has 0 aliphatic heterocycles. The number of carbonyl (C=O) groups excluding carboxylic acids is 1. The van der Waals surface area contributed by atoms with Crippen molar-refractivity contribution in [3.63, 3.8) is 0 Å². The first-order valence-corrected chi connectivity index (χ1v) is 4.93. The molecule has 1 amide bonds. The predicted octanol–water partition coefficient (Wildman–Crippen LogP) is 2.15. The van der Waals surface area contributed by atoms with Crippen LogP contribution < -0.4 is 5.32 Å². The molecule has 74 valence electrons. The van der Waals surface area contributed by atoms with E-state index in [0.29, 0.717) is 16.7 Å². The summed E-state index contributed by atoms with van der Waals surface area (Å²) < 4.78 is 0.717. The van der Waals surface area contributed by atoms with Crippen LogP contribution in [0.2, 0.25) is 0 Å². The highest BCUT2D eigenvalue weighted by Gasteiger charge is 2.04. The third-order valence-electron chi connectivity index (χ3n) is 1.54. The third kappa shape index (κ3) is 3.30. The van der Waals surface area contributed by atoms with E-state index in [0.717, 1.165) is 5.57 Å². The molecule has 1 N–H and O–H groups in total. The minimum atomic E-state index is -0.131. The highest BCUT2D eigenvalue weighted by Crippen LogP contribution is 2.05. The minimum absolute atomic E-state index is 0.131. The van der Waals surface area contributed by atoms with Crippen molar-refractivity contribution in [2.75, 3.05) is 6.54 Å². The number of pyridine rings is 1. The second-order valence-corrected chi connectivity index (χ2v) is 3.82. The SMILES string of the molecule is C=C(C)CNC(=O)c1ccc(Br)nc1. The van der Waals surface area contributed by atoms with Crippen LogP contribution in [0, 0.1) is 0 Å². The molecular weight excluding hydrogens is 244 g/mol. The Morgan fingerprint density at radius 2 is 2.36 bits per heavy atom. The number of amides is 1. The Hall–Kier alpha value is -1.16. The number of carbonyl (C=O) groups is 1. The van der Waals surface area contributed by atoms with Crippen molar-refractivity contribution in [3.05, 3.63) is 40.6 Å². The van der Waals surface area contributed by atoms with Gasteiger partial charge in [-0.25, -0.2) is 4.98 Å². The molecule has 0 radical (unpaired) electrons. The Balaban J connectivity index is 2.61. The second-order valence-electron chi connectivity index (χ2n) is 3.01. The van der Waals surface area contributed by atoms with Crippen molar-refractivity contribution >= 4 is 21.8 Å². The van der Waals surface area contributed by atoms with Crippen LogP contribution in [0.4, 0.5) is 0 Å². The van der Waals surface area contributed by atoms with Gasteiger partial charge in [-0.3, -0.25) is 4.79 Å². The lowest BCUT2D eigenvalue weighted by molar-refractivity contribution is 0.0956. The number of hydrogen-bond acceptors (Lipinski definition) is 2. The van der Waals surface area contributed by atoms with E-state index >= 15 is 0 Å². The largest absolute Gasteiger partial charge is 0.348 e. The molecule has 0 atom stereocenters. The van der Waals surface area contributed by atoms with E-state index in [9.17, 15) is 4.79 Å². The molecule has 0 saturated carbocycles. The molecule has 0 aromatic carbocycles. The number of hydrogen-bond donors (Lipinski definition) is 1. The zero-order valence-electron chi connectivity index (χ0n) is 7.88. The van der Waals surface area contributed by atoms with Crippen molar-refractivity contribution in [2.45, 2.75) is 6.92 Å². The van der Waals surface area contributed by atoms with E-state index in [1.54, 1.807) is 12.1 Å². The molecule has 1 aromatic heterocycles. The quantitative estimate of drug-likeness (QED) is 0.664. The molecule has 1 rings (SSSR count). The average Bonchev–Trinajstić information content (AvgIpc) is 2.15. The molecule has 0 aliphatic carbocycles. The summed E-state index contributed by atoms with van der Waals surface area (Å²) in [5.74, 6) is -0.131. The van der Waals surface area contributed by atoms with E-state index in [1.807, 2.05) is 6.92 Å².